The van der Waals surface area contributed by atoms with Crippen molar-refractivity contribution in [2.75, 3.05) is 0 Å². The van der Waals surface area contributed by atoms with E-state index in [0.717, 1.165) is 26.8 Å². The van der Waals surface area contributed by atoms with Gasteiger partial charge in [-0.3, -0.25) is 13.9 Å². The molecule has 40 heavy (non-hydrogen) atoms. The third kappa shape index (κ3) is 5.24. The number of hydrogen-bond donors (Lipinski definition) is 0. The minimum Gasteiger partial charge on any atom is -0.457 e. The van der Waals surface area contributed by atoms with Crippen molar-refractivity contribution >= 4 is 45.9 Å². The molecule has 198 valence electrons. The van der Waals surface area contributed by atoms with Crippen LogP contribution in [0.2, 0.25) is 0 Å². The average molecular weight is 547 g/mol. The topological polar surface area (TPSA) is 70.3 Å². The van der Waals surface area contributed by atoms with Crippen LogP contribution in [-0.2, 0) is 13.1 Å². The van der Waals surface area contributed by atoms with E-state index in [1.807, 2.05) is 103 Å². The highest BCUT2D eigenvalue weighted by atomic mass is 32.2. The van der Waals surface area contributed by atoms with Gasteiger partial charge < -0.3 is 8.83 Å². The first-order valence-corrected chi connectivity index (χ1v) is 13.8. The van der Waals surface area contributed by atoms with Crippen molar-refractivity contribution in [3.05, 3.63) is 141 Å². The highest BCUT2D eigenvalue weighted by Gasteiger charge is 2.16. The van der Waals surface area contributed by atoms with Crippen LogP contribution in [0.3, 0.4) is 0 Å². The molecule has 0 bridgehead atoms. The zero-order valence-electron chi connectivity index (χ0n) is 21.8. The van der Waals surface area contributed by atoms with Gasteiger partial charge in [0.15, 0.2) is 0 Å². The van der Waals surface area contributed by atoms with Gasteiger partial charge in [-0.15, -0.1) is 0 Å². The Kier molecular flexibility index (Phi) is 7.12. The second kappa shape index (κ2) is 11.2. The van der Waals surface area contributed by atoms with Crippen LogP contribution in [0, 0.1) is 6.92 Å². The molecule has 0 N–H and O–H groups in total. The Balaban J connectivity index is 1.34. The number of fused-ring (bicyclic) bond motifs is 2. The van der Waals surface area contributed by atoms with Crippen LogP contribution in [-0.4, -0.2) is 9.13 Å². The molecule has 3 heterocycles. The number of nitrogens with zero attached hydrogens (tertiary/aromatic N) is 2. The van der Waals surface area contributed by atoms with Crippen molar-refractivity contribution in [3.8, 4) is 0 Å². The molecule has 0 atom stereocenters. The molecule has 7 heteroatoms. The van der Waals surface area contributed by atoms with Crippen molar-refractivity contribution in [3.63, 3.8) is 0 Å². The molecular weight excluding hydrogens is 520 g/mol. The number of para-hydroxylation sites is 2. The fourth-order valence-corrected chi connectivity index (χ4v) is 5.61. The smallest absolute Gasteiger partial charge is 0.332 e. The molecule has 6 rings (SSSR count). The molecule has 0 spiro atoms. The van der Waals surface area contributed by atoms with Crippen molar-refractivity contribution in [1.82, 2.24) is 9.13 Å². The maximum absolute atomic E-state index is 13.7. The first-order valence-electron chi connectivity index (χ1n) is 12.9. The van der Waals surface area contributed by atoms with Crippen LogP contribution in [0.5, 0.6) is 0 Å². The monoisotopic (exact) mass is 546 g/mol. The molecule has 6 nitrogen and oxygen atoms in total. The van der Waals surface area contributed by atoms with Gasteiger partial charge in [-0.2, -0.15) is 0 Å². The largest absolute Gasteiger partial charge is 0.457 e. The predicted molar refractivity (Wildman–Crippen MR) is 161 cm³/mol. The summed E-state index contributed by atoms with van der Waals surface area (Å²) in [5, 5.41) is 2.63. The lowest BCUT2D eigenvalue weighted by molar-refractivity contribution is 0.571. The Morgan fingerprint density at radius 3 is 1.80 bits per heavy atom. The van der Waals surface area contributed by atoms with E-state index in [1.54, 1.807) is 23.6 Å². The molecule has 3 aromatic heterocycles. The lowest BCUT2D eigenvalue weighted by Crippen LogP contribution is -2.41. The summed E-state index contributed by atoms with van der Waals surface area (Å²) in [4.78, 5) is 28.0. The SMILES string of the molecule is Cc1c(Sc2ccccc2)n(C/C=C/c2cc3ccccc3o2)c(=O)n(C/C=C/c2cc3ccccc3o2)c1=O. The fraction of sp³-hybridized carbons (Fsp3) is 0.0909. The lowest BCUT2D eigenvalue weighted by atomic mass is 10.2. The van der Waals surface area contributed by atoms with Crippen molar-refractivity contribution in [1.29, 1.82) is 0 Å². The zero-order valence-corrected chi connectivity index (χ0v) is 22.6. The van der Waals surface area contributed by atoms with Gasteiger partial charge in [0.05, 0.1) is 5.03 Å². The molecule has 3 aromatic carbocycles. The standard InChI is InChI=1S/C33H26N2O4S/c1-23-31(36)34(19-9-13-26-21-24-11-5-7-17-29(24)38-26)33(37)35(32(23)40-28-15-3-2-4-16-28)20-10-14-27-22-25-12-6-8-18-30(25)39-27/h2-18,21-22H,19-20H2,1H3/b13-9+,14-10+. The summed E-state index contributed by atoms with van der Waals surface area (Å²) in [6.07, 6.45) is 7.31. The molecule has 0 aliphatic heterocycles. The summed E-state index contributed by atoms with van der Waals surface area (Å²) in [7, 11) is 0. The summed E-state index contributed by atoms with van der Waals surface area (Å²) < 4.78 is 14.6. The van der Waals surface area contributed by atoms with Gasteiger partial charge in [0.2, 0.25) is 0 Å². The van der Waals surface area contributed by atoms with Gasteiger partial charge in [0, 0.05) is 34.3 Å². The summed E-state index contributed by atoms with van der Waals surface area (Å²) in [6, 6.07) is 29.2. The van der Waals surface area contributed by atoms with Crippen molar-refractivity contribution < 1.29 is 8.83 Å². The maximum Gasteiger partial charge on any atom is 0.332 e. The van der Waals surface area contributed by atoms with Gasteiger partial charge in [-0.25, -0.2) is 4.79 Å². The van der Waals surface area contributed by atoms with E-state index in [1.165, 1.54) is 16.3 Å². The van der Waals surface area contributed by atoms with Crippen LogP contribution < -0.4 is 11.2 Å². The Bertz CT molecular complexity index is 1920. The number of benzene rings is 3. The van der Waals surface area contributed by atoms with E-state index in [0.29, 0.717) is 22.1 Å². The summed E-state index contributed by atoms with van der Waals surface area (Å²) in [5.41, 5.74) is 1.42. The molecule has 0 amide bonds. The van der Waals surface area contributed by atoms with Crippen LogP contribution in [0.4, 0.5) is 0 Å². The lowest BCUT2D eigenvalue weighted by Gasteiger charge is -2.16. The number of allylic oxidation sites excluding steroid dienone is 2. The molecule has 0 saturated heterocycles. The van der Waals surface area contributed by atoms with E-state index in [9.17, 15) is 9.59 Å². The summed E-state index contributed by atoms with van der Waals surface area (Å²) >= 11 is 1.41. The Morgan fingerprint density at radius 1 is 0.700 bits per heavy atom. The van der Waals surface area contributed by atoms with Crippen molar-refractivity contribution in [2.24, 2.45) is 0 Å². The molecule has 6 aromatic rings. The van der Waals surface area contributed by atoms with Gasteiger partial charge >= 0.3 is 5.69 Å². The third-order valence-corrected chi connectivity index (χ3v) is 7.81. The average Bonchev–Trinajstić information content (AvgIpc) is 3.59. The molecular formula is C33H26N2O4S. The zero-order chi connectivity index (χ0) is 27.5. The van der Waals surface area contributed by atoms with E-state index in [2.05, 4.69) is 0 Å². The minimum absolute atomic E-state index is 0.124. The van der Waals surface area contributed by atoms with Gasteiger partial charge in [0.1, 0.15) is 22.7 Å². The van der Waals surface area contributed by atoms with Gasteiger partial charge in [0.25, 0.3) is 5.56 Å². The predicted octanol–water partition coefficient (Wildman–Crippen LogP) is 7.39. The fourth-order valence-electron chi connectivity index (χ4n) is 4.59. The highest BCUT2D eigenvalue weighted by molar-refractivity contribution is 7.99. The first-order chi connectivity index (χ1) is 19.6. The van der Waals surface area contributed by atoms with E-state index in [-0.39, 0.29) is 24.3 Å². The second-order valence-electron chi connectivity index (χ2n) is 9.33. The third-order valence-electron chi connectivity index (χ3n) is 6.58. The second-order valence-corrected chi connectivity index (χ2v) is 10.4. The normalized spacial score (nSPS) is 11.9. The Labute approximate surface area is 234 Å². The first kappa shape index (κ1) is 25.5. The summed E-state index contributed by atoms with van der Waals surface area (Å²) in [6.45, 7) is 2.17. The van der Waals surface area contributed by atoms with E-state index >= 15 is 0 Å². The minimum atomic E-state index is -0.377. The van der Waals surface area contributed by atoms with Crippen LogP contribution in [0.25, 0.3) is 34.1 Å². The van der Waals surface area contributed by atoms with Crippen LogP contribution in [0.15, 0.2) is 131 Å². The van der Waals surface area contributed by atoms with Crippen LogP contribution in [0.1, 0.15) is 17.1 Å². The van der Waals surface area contributed by atoms with E-state index < -0.39 is 0 Å². The maximum atomic E-state index is 13.7. The molecule has 0 radical (unpaired) electrons. The van der Waals surface area contributed by atoms with Crippen molar-refractivity contribution in [2.45, 2.75) is 29.9 Å². The van der Waals surface area contributed by atoms with E-state index in [4.69, 9.17) is 8.83 Å². The van der Waals surface area contributed by atoms with Gasteiger partial charge in [-0.05, 0) is 55.5 Å². The van der Waals surface area contributed by atoms with Crippen LogP contribution >= 0.6 is 11.8 Å². The Hall–Kier alpha value is -4.75. The molecule has 0 aliphatic carbocycles. The highest BCUT2D eigenvalue weighted by Crippen LogP contribution is 2.28. The molecule has 0 aliphatic rings. The van der Waals surface area contributed by atoms with Gasteiger partial charge in [-0.1, -0.05) is 78.5 Å². The summed E-state index contributed by atoms with van der Waals surface area (Å²) in [5.74, 6) is 1.36. The molecule has 0 fully saturated rings. The number of rotatable bonds is 8. The number of furan rings is 2. The Morgan fingerprint density at radius 2 is 1.23 bits per heavy atom. The molecule has 0 unspecified atom stereocenters. The number of aromatic nitrogens is 2. The number of hydrogen-bond acceptors (Lipinski definition) is 5. The quantitative estimate of drug-likeness (QED) is 0.186. The molecule has 0 saturated carbocycles.